The first-order valence-electron chi connectivity index (χ1n) is 8.14. The largest absolute Gasteiger partial charge is 0.353 e. The second-order valence-electron chi connectivity index (χ2n) is 5.88. The van der Waals surface area contributed by atoms with E-state index in [-0.39, 0.29) is 5.56 Å². The fraction of sp³-hybridized carbons (Fsp3) is 0.750. The summed E-state index contributed by atoms with van der Waals surface area (Å²) >= 11 is 0. The molecule has 1 heterocycles. The molecule has 20 heavy (non-hydrogen) atoms. The van der Waals surface area contributed by atoms with Crippen LogP contribution in [0.2, 0.25) is 0 Å². The third-order valence-corrected chi connectivity index (χ3v) is 4.03. The molecule has 0 atom stereocenters. The molecule has 1 aliphatic rings. The van der Waals surface area contributed by atoms with Gasteiger partial charge in [-0.1, -0.05) is 45.4 Å². The molecule has 4 nitrogen and oxygen atoms in total. The number of aromatic amines is 1. The fourth-order valence-electron chi connectivity index (χ4n) is 2.86. The van der Waals surface area contributed by atoms with E-state index in [4.69, 9.17) is 0 Å². The Morgan fingerprint density at radius 2 is 1.95 bits per heavy atom. The minimum atomic E-state index is -0.0422. The third-order valence-electron chi connectivity index (χ3n) is 4.03. The van der Waals surface area contributed by atoms with Gasteiger partial charge >= 0.3 is 0 Å². The van der Waals surface area contributed by atoms with Crippen molar-refractivity contribution in [3.63, 3.8) is 0 Å². The van der Waals surface area contributed by atoms with Gasteiger partial charge in [0.05, 0.1) is 0 Å². The lowest BCUT2D eigenvalue weighted by molar-refractivity contribution is 0.469. The number of H-pyrrole nitrogens is 1. The maximum absolute atomic E-state index is 11.7. The van der Waals surface area contributed by atoms with Crippen LogP contribution in [0.25, 0.3) is 0 Å². The first-order chi connectivity index (χ1) is 9.78. The van der Waals surface area contributed by atoms with E-state index in [0.717, 1.165) is 25.0 Å². The van der Waals surface area contributed by atoms with Crippen LogP contribution in [0.4, 0.5) is 5.95 Å². The monoisotopic (exact) mass is 277 g/mol. The van der Waals surface area contributed by atoms with Crippen LogP contribution in [-0.2, 0) is 6.42 Å². The van der Waals surface area contributed by atoms with Crippen LogP contribution < -0.4 is 10.9 Å². The molecule has 1 fully saturated rings. The van der Waals surface area contributed by atoms with Gasteiger partial charge in [0, 0.05) is 17.8 Å². The average molecular weight is 277 g/mol. The molecule has 0 amide bonds. The quantitative estimate of drug-likeness (QED) is 0.864. The zero-order chi connectivity index (χ0) is 14.2. The minimum Gasteiger partial charge on any atom is -0.353 e. The van der Waals surface area contributed by atoms with Crippen molar-refractivity contribution >= 4 is 5.95 Å². The number of anilines is 1. The Hall–Kier alpha value is -1.32. The summed E-state index contributed by atoms with van der Waals surface area (Å²) in [5, 5.41) is 3.44. The zero-order valence-corrected chi connectivity index (χ0v) is 12.6. The molecule has 0 aliphatic heterocycles. The Morgan fingerprint density at radius 3 is 2.65 bits per heavy atom. The van der Waals surface area contributed by atoms with Crippen molar-refractivity contribution in [2.75, 3.05) is 5.32 Å². The standard InChI is InChI=1S/C16H27N3O/c1-2-3-9-14-12-15(20)19-16(18-14)17-13-10-7-5-4-6-8-11-13/h12-13H,2-11H2,1H3,(H2,17,18,19,20). The number of nitrogens with zero attached hydrogens (tertiary/aromatic N) is 1. The van der Waals surface area contributed by atoms with E-state index in [2.05, 4.69) is 22.2 Å². The molecule has 0 bridgehead atoms. The van der Waals surface area contributed by atoms with Crippen molar-refractivity contribution < 1.29 is 0 Å². The lowest BCUT2D eigenvalue weighted by Crippen LogP contribution is -2.24. The summed E-state index contributed by atoms with van der Waals surface area (Å²) in [5.74, 6) is 0.661. The highest BCUT2D eigenvalue weighted by atomic mass is 16.1. The minimum absolute atomic E-state index is 0.0422. The maximum Gasteiger partial charge on any atom is 0.252 e. The van der Waals surface area contributed by atoms with Crippen LogP contribution >= 0.6 is 0 Å². The molecular formula is C16H27N3O. The number of unbranched alkanes of at least 4 members (excludes halogenated alkanes) is 1. The summed E-state index contributed by atoms with van der Waals surface area (Å²) in [7, 11) is 0. The van der Waals surface area contributed by atoms with E-state index in [1.807, 2.05) is 0 Å². The molecule has 0 aromatic carbocycles. The SMILES string of the molecule is CCCCc1cc(=O)[nH]c(NC2CCCCCCC2)n1. The van der Waals surface area contributed by atoms with Gasteiger partial charge in [-0.25, -0.2) is 4.98 Å². The molecule has 0 saturated heterocycles. The highest BCUT2D eigenvalue weighted by Crippen LogP contribution is 2.19. The number of nitrogens with one attached hydrogen (secondary N) is 2. The lowest BCUT2D eigenvalue weighted by Gasteiger charge is -2.21. The Morgan fingerprint density at radius 1 is 1.25 bits per heavy atom. The summed E-state index contributed by atoms with van der Waals surface area (Å²) in [5.41, 5.74) is 0.864. The Kier molecular flexibility index (Phi) is 6.09. The van der Waals surface area contributed by atoms with Crippen LogP contribution in [-0.4, -0.2) is 16.0 Å². The van der Waals surface area contributed by atoms with E-state index in [9.17, 15) is 4.79 Å². The molecule has 1 saturated carbocycles. The van der Waals surface area contributed by atoms with Crippen molar-refractivity contribution in [1.82, 2.24) is 9.97 Å². The molecule has 4 heteroatoms. The highest BCUT2D eigenvalue weighted by molar-refractivity contribution is 5.26. The summed E-state index contributed by atoms with van der Waals surface area (Å²) < 4.78 is 0. The Labute approximate surface area is 121 Å². The van der Waals surface area contributed by atoms with Crippen molar-refractivity contribution in [3.05, 3.63) is 22.1 Å². The second-order valence-corrected chi connectivity index (χ2v) is 5.88. The molecule has 2 N–H and O–H groups in total. The number of hydrogen-bond donors (Lipinski definition) is 2. The van der Waals surface area contributed by atoms with Crippen LogP contribution in [0.5, 0.6) is 0 Å². The van der Waals surface area contributed by atoms with Crippen LogP contribution in [0.15, 0.2) is 10.9 Å². The van der Waals surface area contributed by atoms with Gasteiger partial charge in [0.2, 0.25) is 5.95 Å². The van der Waals surface area contributed by atoms with Crippen molar-refractivity contribution in [1.29, 1.82) is 0 Å². The normalized spacial score (nSPS) is 17.4. The van der Waals surface area contributed by atoms with Gasteiger partial charge in [0.25, 0.3) is 5.56 Å². The molecule has 1 aliphatic carbocycles. The first kappa shape index (κ1) is 15.1. The second kappa shape index (κ2) is 8.08. The molecule has 2 rings (SSSR count). The van der Waals surface area contributed by atoms with E-state index >= 15 is 0 Å². The summed E-state index contributed by atoms with van der Waals surface area (Å²) in [6, 6.07) is 2.08. The van der Waals surface area contributed by atoms with E-state index in [1.165, 1.54) is 44.9 Å². The van der Waals surface area contributed by atoms with Crippen molar-refractivity contribution in [2.24, 2.45) is 0 Å². The predicted octanol–water partition coefficient (Wildman–Crippen LogP) is 3.64. The fourth-order valence-corrected chi connectivity index (χ4v) is 2.86. The summed E-state index contributed by atoms with van der Waals surface area (Å²) in [4.78, 5) is 19.1. The Bertz CT molecular complexity index is 447. The maximum atomic E-state index is 11.7. The summed E-state index contributed by atoms with van der Waals surface area (Å²) in [6.45, 7) is 2.15. The van der Waals surface area contributed by atoms with E-state index in [0.29, 0.717) is 12.0 Å². The van der Waals surface area contributed by atoms with E-state index < -0.39 is 0 Å². The van der Waals surface area contributed by atoms with Gasteiger partial charge in [-0.05, 0) is 25.7 Å². The van der Waals surface area contributed by atoms with Gasteiger partial charge < -0.3 is 5.32 Å². The zero-order valence-electron chi connectivity index (χ0n) is 12.6. The molecule has 1 aromatic rings. The summed E-state index contributed by atoms with van der Waals surface area (Å²) in [6.07, 6.45) is 12.0. The molecule has 1 aromatic heterocycles. The van der Waals surface area contributed by atoms with Crippen LogP contribution in [0, 0.1) is 0 Å². The average Bonchev–Trinajstić information content (AvgIpc) is 2.39. The topological polar surface area (TPSA) is 57.8 Å². The van der Waals surface area contributed by atoms with E-state index in [1.54, 1.807) is 6.07 Å². The number of aryl methyl sites for hydroxylation is 1. The Balaban J connectivity index is 1.99. The van der Waals surface area contributed by atoms with Crippen molar-refractivity contribution in [3.8, 4) is 0 Å². The number of hydrogen-bond acceptors (Lipinski definition) is 3. The molecular weight excluding hydrogens is 250 g/mol. The third kappa shape index (κ3) is 4.99. The predicted molar refractivity (Wildman–Crippen MR) is 83.2 cm³/mol. The number of rotatable bonds is 5. The van der Waals surface area contributed by atoms with Gasteiger partial charge in [0.15, 0.2) is 0 Å². The van der Waals surface area contributed by atoms with Crippen molar-refractivity contribution in [2.45, 2.75) is 77.2 Å². The molecule has 112 valence electrons. The highest BCUT2D eigenvalue weighted by Gasteiger charge is 2.12. The molecule has 0 unspecified atom stereocenters. The van der Waals surface area contributed by atoms with Crippen LogP contribution in [0.1, 0.15) is 70.4 Å². The number of aromatic nitrogens is 2. The smallest absolute Gasteiger partial charge is 0.252 e. The van der Waals surface area contributed by atoms with Gasteiger partial charge in [-0.15, -0.1) is 0 Å². The molecule has 0 radical (unpaired) electrons. The molecule has 0 spiro atoms. The lowest BCUT2D eigenvalue weighted by atomic mass is 9.97. The van der Waals surface area contributed by atoms with Crippen LogP contribution in [0.3, 0.4) is 0 Å². The van der Waals surface area contributed by atoms with Gasteiger partial charge in [0.1, 0.15) is 0 Å². The van der Waals surface area contributed by atoms with Gasteiger partial charge in [-0.2, -0.15) is 0 Å². The van der Waals surface area contributed by atoms with Gasteiger partial charge in [-0.3, -0.25) is 9.78 Å². The first-order valence-corrected chi connectivity index (χ1v) is 8.14.